The highest BCUT2D eigenvalue weighted by atomic mass is 79.9. The van der Waals surface area contributed by atoms with Gasteiger partial charge < -0.3 is 10.6 Å². The van der Waals surface area contributed by atoms with Gasteiger partial charge in [-0.25, -0.2) is 4.79 Å². The predicted molar refractivity (Wildman–Crippen MR) is 96.8 cm³/mol. The third kappa shape index (κ3) is 3.56. The minimum atomic E-state index is -0.788. The van der Waals surface area contributed by atoms with E-state index < -0.39 is 11.6 Å². The molecule has 25 heavy (non-hydrogen) atoms. The molecule has 1 aromatic carbocycles. The summed E-state index contributed by atoms with van der Waals surface area (Å²) >= 11 is 3.46. The number of nitrogens with zero attached hydrogens (tertiary/aromatic N) is 1. The molecule has 1 saturated heterocycles. The Kier molecular flexibility index (Phi) is 5.13. The van der Waals surface area contributed by atoms with Crippen LogP contribution in [0.25, 0.3) is 0 Å². The second-order valence-corrected chi connectivity index (χ2v) is 7.63. The fourth-order valence-corrected chi connectivity index (χ4v) is 4.28. The average molecular weight is 408 g/mol. The van der Waals surface area contributed by atoms with Crippen LogP contribution in [0.2, 0.25) is 0 Å². The molecule has 3 rings (SSSR count). The van der Waals surface area contributed by atoms with Crippen molar-refractivity contribution in [3.05, 3.63) is 34.3 Å². The Morgan fingerprint density at radius 3 is 2.64 bits per heavy atom. The number of carbonyl (C=O) groups excluding carboxylic acids is 3. The predicted octanol–water partition coefficient (Wildman–Crippen LogP) is 2.88. The third-order valence-electron chi connectivity index (χ3n) is 5.00. The summed E-state index contributed by atoms with van der Waals surface area (Å²) in [6.45, 7) is 1.62. The molecule has 4 amide bonds. The monoisotopic (exact) mass is 407 g/mol. The first kappa shape index (κ1) is 17.9. The summed E-state index contributed by atoms with van der Waals surface area (Å²) in [5.41, 5.74) is 0.153. The van der Waals surface area contributed by atoms with E-state index in [4.69, 9.17) is 0 Å². The number of nitrogens with one attached hydrogen (secondary N) is 2. The lowest BCUT2D eigenvalue weighted by Crippen LogP contribution is -2.49. The molecule has 0 bridgehead atoms. The number of hydrogen-bond donors (Lipinski definition) is 2. The van der Waals surface area contributed by atoms with Gasteiger partial charge in [-0.1, -0.05) is 53.4 Å². The molecule has 7 heteroatoms. The van der Waals surface area contributed by atoms with Gasteiger partial charge in [0.2, 0.25) is 5.91 Å². The van der Waals surface area contributed by atoms with Crippen LogP contribution in [0.4, 0.5) is 4.79 Å². The molecule has 0 radical (unpaired) electrons. The number of hydrogen-bond acceptors (Lipinski definition) is 3. The Balaban J connectivity index is 1.64. The molecule has 2 fully saturated rings. The zero-order chi connectivity index (χ0) is 18.0. The summed E-state index contributed by atoms with van der Waals surface area (Å²) in [6, 6.07) is 6.93. The molecule has 134 valence electrons. The van der Waals surface area contributed by atoms with E-state index in [1.165, 1.54) is 0 Å². The molecule has 6 nitrogen and oxygen atoms in total. The van der Waals surface area contributed by atoms with Crippen LogP contribution in [0.1, 0.15) is 50.6 Å². The molecule has 2 N–H and O–H groups in total. The van der Waals surface area contributed by atoms with E-state index in [0.717, 1.165) is 34.2 Å². The summed E-state index contributed by atoms with van der Waals surface area (Å²) in [4.78, 5) is 38.3. The second-order valence-electron chi connectivity index (χ2n) is 6.77. The Bertz CT molecular complexity index is 701. The number of carbonyl (C=O) groups is 3. The fourth-order valence-electron chi connectivity index (χ4n) is 3.65. The molecule has 1 aliphatic heterocycles. The summed E-state index contributed by atoms with van der Waals surface area (Å²) in [7, 11) is 0. The summed E-state index contributed by atoms with van der Waals surface area (Å²) in [5, 5.41) is 5.67. The topological polar surface area (TPSA) is 78.5 Å². The number of benzene rings is 1. The van der Waals surface area contributed by atoms with E-state index in [9.17, 15) is 14.4 Å². The van der Waals surface area contributed by atoms with Gasteiger partial charge in [-0.15, -0.1) is 0 Å². The van der Waals surface area contributed by atoms with Crippen molar-refractivity contribution in [2.75, 3.05) is 6.54 Å². The summed E-state index contributed by atoms with van der Waals surface area (Å²) in [6.07, 6.45) is 4.23. The van der Waals surface area contributed by atoms with Crippen molar-refractivity contribution in [3.8, 4) is 0 Å². The molecule has 0 aromatic heterocycles. The molecule has 1 atom stereocenters. The van der Waals surface area contributed by atoms with Crippen LogP contribution in [0.15, 0.2) is 28.7 Å². The van der Waals surface area contributed by atoms with Gasteiger partial charge in [-0.2, -0.15) is 0 Å². The highest BCUT2D eigenvalue weighted by molar-refractivity contribution is 9.10. The minimum Gasteiger partial charge on any atom is -0.348 e. The number of urea groups is 1. The van der Waals surface area contributed by atoms with Gasteiger partial charge in [0.1, 0.15) is 12.1 Å². The van der Waals surface area contributed by atoms with Crippen LogP contribution < -0.4 is 10.6 Å². The molecule has 1 aliphatic carbocycles. The molecule has 1 unspecified atom stereocenters. The quantitative estimate of drug-likeness (QED) is 0.753. The van der Waals surface area contributed by atoms with Crippen molar-refractivity contribution < 1.29 is 14.4 Å². The third-order valence-corrected chi connectivity index (χ3v) is 5.73. The number of amides is 4. The van der Waals surface area contributed by atoms with Gasteiger partial charge in [0.15, 0.2) is 0 Å². The van der Waals surface area contributed by atoms with Crippen LogP contribution in [0.5, 0.6) is 0 Å². The second kappa shape index (κ2) is 7.15. The first-order valence-electron chi connectivity index (χ1n) is 8.61. The Labute approximate surface area is 155 Å². The van der Waals surface area contributed by atoms with Gasteiger partial charge in [-0.05, 0) is 31.4 Å². The van der Waals surface area contributed by atoms with Crippen LogP contribution in [-0.2, 0) is 9.59 Å². The normalized spacial score (nSPS) is 20.5. The Morgan fingerprint density at radius 1 is 1.28 bits per heavy atom. The van der Waals surface area contributed by atoms with E-state index in [2.05, 4.69) is 26.6 Å². The highest BCUT2D eigenvalue weighted by Crippen LogP contribution is 2.33. The van der Waals surface area contributed by atoms with Crippen molar-refractivity contribution in [1.29, 1.82) is 0 Å². The summed E-state index contributed by atoms with van der Waals surface area (Å²) in [5.74, 6) is -0.611. The lowest BCUT2D eigenvalue weighted by molar-refractivity contribution is -0.136. The highest BCUT2D eigenvalue weighted by Gasteiger charge is 2.51. The molecule has 1 heterocycles. The van der Waals surface area contributed by atoms with Gasteiger partial charge >= 0.3 is 6.03 Å². The van der Waals surface area contributed by atoms with Gasteiger partial charge in [-0.3, -0.25) is 14.5 Å². The maximum absolute atomic E-state index is 12.7. The van der Waals surface area contributed by atoms with E-state index in [1.807, 2.05) is 31.2 Å². The largest absolute Gasteiger partial charge is 0.348 e. The standard InChI is InChI=1S/C18H22BrN3O3/c1-12(13-7-3-4-8-14(13)19)20-15(23)11-22-16(24)18(21-17(22)25)9-5-2-6-10-18/h3-4,7-8,12H,2,5-6,9-11H2,1H3,(H,20,23)(H,21,25). The smallest absolute Gasteiger partial charge is 0.325 e. The van der Waals surface area contributed by atoms with E-state index >= 15 is 0 Å². The van der Waals surface area contributed by atoms with Crippen molar-refractivity contribution in [3.63, 3.8) is 0 Å². The van der Waals surface area contributed by atoms with Crippen LogP contribution in [0, 0.1) is 0 Å². The lowest BCUT2D eigenvalue weighted by atomic mass is 9.82. The van der Waals surface area contributed by atoms with Crippen LogP contribution in [0.3, 0.4) is 0 Å². The van der Waals surface area contributed by atoms with Gasteiger partial charge in [0, 0.05) is 4.47 Å². The zero-order valence-electron chi connectivity index (χ0n) is 14.2. The zero-order valence-corrected chi connectivity index (χ0v) is 15.8. The SMILES string of the molecule is CC(NC(=O)CN1C(=O)NC2(CCCCC2)C1=O)c1ccccc1Br. The van der Waals surface area contributed by atoms with E-state index in [1.54, 1.807) is 0 Å². The van der Waals surface area contributed by atoms with Gasteiger partial charge in [0.25, 0.3) is 5.91 Å². The maximum atomic E-state index is 12.7. The van der Waals surface area contributed by atoms with Crippen LogP contribution >= 0.6 is 15.9 Å². The van der Waals surface area contributed by atoms with Crippen molar-refractivity contribution >= 4 is 33.8 Å². The van der Waals surface area contributed by atoms with Crippen molar-refractivity contribution in [2.45, 2.75) is 50.6 Å². The number of rotatable bonds is 4. The minimum absolute atomic E-state index is 0.229. The number of imide groups is 1. The van der Waals surface area contributed by atoms with E-state index in [0.29, 0.717) is 12.8 Å². The fraction of sp³-hybridized carbons (Fsp3) is 0.500. The molecular weight excluding hydrogens is 386 g/mol. The first-order chi connectivity index (χ1) is 11.9. The molecule has 1 aromatic rings. The first-order valence-corrected chi connectivity index (χ1v) is 9.40. The molecule has 1 saturated carbocycles. The van der Waals surface area contributed by atoms with Crippen molar-refractivity contribution in [1.82, 2.24) is 15.5 Å². The van der Waals surface area contributed by atoms with Crippen LogP contribution in [-0.4, -0.2) is 34.8 Å². The molecule has 1 spiro atoms. The van der Waals surface area contributed by atoms with Crippen molar-refractivity contribution in [2.24, 2.45) is 0 Å². The summed E-state index contributed by atoms with van der Waals surface area (Å²) < 4.78 is 0.902. The lowest BCUT2D eigenvalue weighted by Gasteiger charge is -2.30. The average Bonchev–Trinajstić information content (AvgIpc) is 2.80. The Morgan fingerprint density at radius 2 is 1.96 bits per heavy atom. The number of halogens is 1. The Hall–Kier alpha value is -1.89. The molecular formula is C18H22BrN3O3. The maximum Gasteiger partial charge on any atom is 0.325 e. The molecule has 2 aliphatic rings. The van der Waals surface area contributed by atoms with E-state index in [-0.39, 0.29) is 24.4 Å². The van der Waals surface area contributed by atoms with Gasteiger partial charge in [0.05, 0.1) is 6.04 Å².